The zero-order valence-electron chi connectivity index (χ0n) is 12.6. The molecular formula is C17H23NO3. The highest BCUT2D eigenvalue weighted by molar-refractivity contribution is 5.84. The van der Waals surface area contributed by atoms with E-state index in [2.05, 4.69) is 6.92 Å². The Labute approximate surface area is 124 Å². The van der Waals surface area contributed by atoms with Crippen molar-refractivity contribution in [3.05, 3.63) is 34.7 Å². The highest BCUT2D eigenvalue weighted by atomic mass is 16.6. The van der Waals surface area contributed by atoms with Crippen LogP contribution in [-0.4, -0.2) is 6.61 Å². The van der Waals surface area contributed by atoms with Gasteiger partial charge in [-0.1, -0.05) is 45.1 Å². The molecule has 2 rings (SSSR count). The molecule has 0 saturated heterocycles. The summed E-state index contributed by atoms with van der Waals surface area (Å²) in [6, 6.07) is 6.93. The van der Waals surface area contributed by atoms with E-state index in [4.69, 9.17) is 14.9 Å². The molecule has 0 saturated carbocycles. The molecule has 21 heavy (non-hydrogen) atoms. The fourth-order valence-corrected chi connectivity index (χ4v) is 2.31. The van der Waals surface area contributed by atoms with Crippen LogP contribution >= 0.6 is 0 Å². The van der Waals surface area contributed by atoms with Crippen LogP contribution in [0.25, 0.3) is 10.8 Å². The van der Waals surface area contributed by atoms with Crippen LogP contribution in [0.5, 0.6) is 5.95 Å². The first-order valence-corrected chi connectivity index (χ1v) is 7.67. The molecule has 0 bridgehead atoms. The molecule has 0 aliphatic carbocycles. The Hall–Kier alpha value is -1.97. The molecule has 0 fully saturated rings. The minimum atomic E-state index is -0.405. The van der Waals surface area contributed by atoms with E-state index in [0.717, 1.165) is 18.2 Å². The smallest absolute Gasteiger partial charge is 0.346 e. The van der Waals surface area contributed by atoms with E-state index in [9.17, 15) is 4.79 Å². The minimum Gasteiger partial charge on any atom is -0.465 e. The Balaban J connectivity index is 1.88. The molecule has 0 aliphatic heterocycles. The van der Waals surface area contributed by atoms with Crippen molar-refractivity contribution in [2.75, 3.05) is 12.3 Å². The van der Waals surface area contributed by atoms with Crippen LogP contribution in [0.3, 0.4) is 0 Å². The van der Waals surface area contributed by atoms with Crippen LogP contribution in [0.15, 0.2) is 33.5 Å². The number of hydrogen-bond acceptors (Lipinski definition) is 4. The van der Waals surface area contributed by atoms with Crippen molar-refractivity contribution in [2.45, 2.75) is 45.4 Å². The van der Waals surface area contributed by atoms with Gasteiger partial charge in [0.1, 0.15) is 0 Å². The molecule has 1 heterocycles. The summed E-state index contributed by atoms with van der Waals surface area (Å²) in [4.78, 5) is 11.9. The average molecular weight is 289 g/mol. The Morgan fingerprint density at radius 3 is 2.67 bits per heavy atom. The van der Waals surface area contributed by atoms with Crippen molar-refractivity contribution < 1.29 is 9.15 Å². The average Bonchev–Trinajstić information content (AvgIpc) is 2.47. The van der Waals surface area contributed by atoms with Crippen LogP contribution in [0.4, 0.5) is 5.69 Å². The summed E-state index contributed by atoms with van der Waals surface area (Å²) in [5.74, 6) is 0.283. The molecule has 0 atom stereocenters. The van der Waals surface area contributed by atoms with Gasteiger partial charge in [0.15, 0.2) is 0 Å². The van der Waals surface area contributed by atoms with Crippen molar-refractivity contribution in [2.24, 2.45) is 0 Å². The highest BCUT2D eigenvalue weighted by Crippen LogP contribution is 2.19. The van der Waals surface area contributed by atoms with E-state index < -0.39 is 5.63 Å². The van der Waals surface area contributed by atoms with E-state index >= 15 is 0 Å². The maximum Gasteiger partial charge on any atom is 0.346 e. The third-order valence-corrected chi connectivity index (χ3v) is 3.51. The lowest BCUT2D eigenvalue weighted by atomic mass is 10.1. The van der Waals surface area contributed by atoms with Gasteiger partial charge in [-0.15, -0.1) is 0 Å². The summed E-state index contributed by atoms with van der Waals surface area (Å²) in [6.07, 6.45) is 7.19. The molecule has 0 radical (unpaired) electrons. The molecule has 2 N–H and O–H groups in total. The number of benzene rings is 1. The van der Waals surface area contributed by atoms with E-state index in [1.807, 2.05) is 0 Å². The van der Waals surface area contributed by atoms with Gasteiger partial charge < -0.3 is 14.9 Å². The Morgan fingerprint density at radius 2 is 1.86 bits per heavy atom. The molecule has 0 spiro atoms. The SMILES string of the molecule is CCCCCCCCOc1cc2ccc(N)cc2c(=O)o1. The van der Waals surface area contributed by atoms with Gasteiger partial charge in [0.05, 0.1) is 12.0 Å². The number of fused-ring (bicyclic) bond motifs is 1. The first-order chi connectivity index (χ1) is 10.2. The van der Waals surface area contributed by atoms with Crippen molar-refractivity contribution >= 4 is 16.5 Å². The first-order valence-electron chi connectivity index (χ1n) is 7.67. The number of nitrogen functional groups attached to an aromatic ring is 1. The number of anilines is 1. The fraction of sp³-hybridized carbons (Fsp3) is 0.471. The second-order valence-electron chi connectivity index (χ2n) is 5.32. The van der Waals surface area contributed by atoms with Crippen LogP contribution in [-0.2, 0) is 0 Å². The maximum absolute atomic E-state index is 11.9. The lowest BCUT2D eigenvalue weighted by Crippen LogP contribution is -2.04. The van der Waals surface area contributed by atoms with E-state index in [0.29, 0.717) is 17.7 Å². The van der Waals surface area contributed by atoms with Gasteiger partial charge in [-0.2, -0.15) is 0 Å². The predicted molar refractivity (Wildman–Crippen MR) is 85.8 cm³/mol. The molecule has 0 amide bonds. The van der Waals surface area contributed by atoms with Crippen LogP contribution in [0, 0.1) is 0 Å². The second kappa shape index (κ2) is 7.72. The van der Waals surface area contributed by atoms with Crippen molar-refractivity contribution in [3.8, 4) is 5.95 Å². The van der Waals surface area contributed by atoms with E-state index in [1.165, 1.54) is 25.7 Å². The highest BCUT2D eigenvalue weighted by Gasteiger charge is 2.05. The predicted octanol–water partition coefficient (Wildman–Crippen LogP) is 4.11. The number of unbranched alkanes of at least 4 members (excludes halogenated alkanes) is 5. The molecule has 0 aliphatic rings. The van der Waals surface area contributed by atoms with Gasteiger partial charge in [0.2, 0.25) is 0 Å². The molecule has 4 nitrogen and oxygen atoms in total. The maximum atomic E-state index is 11.9. The number of ether oxygens (including phenoxy) is 1. The Morgan fingerprint density at radius 1 is 1.10 bits per heavy atom. The third kappa shape index (κ3) is 4.52. The van der Waals surface area contributed by atoms with Gasteiger partial charge in [-0.3, -0.25) is 0 Å². The van der Waals surface area contributed by atoms with Crippen LogP contribution in [0.1, 0.15) is 45.4 Å². The summed E-state index contributed by atoms with van der Waals surface area (Å²) in [7, 11) is 0. The summed E-state index contributed by atoms with van der Waals surface area (Å²) in [5.41, 5.74) is 5.81. The van der Waals surface area contributed by atoms with Crippen molar-refractivity contribution in [1.82, 2.24) is 0 Å². The molecule has 1 aromatic heterocycles. The molecule has 114 valence electrons. The van der Waals surface area contributed by atoms with E-state index in [-0.39, 0.29) is 5.95 Å². The summed E-state index contributed by atoms with van der Waals surface area (Å²) in [5, 5.41) is 1.28. The molecule has 4 heteroatoms. The summed E-state index contributed by atoms with van der Waals surface area (Å²) < 4.78 is 10.7. The molecule has 0 unspecified atom stereocenters. The van der Waals surface area contributed by atoms with Crippen molar-refractivity contribution in [3.63, 3.8) is 0 Å². The summed E-state index contributed by atoms with van der Waals surface area (Å²) in [6.45, 7) is 2.79. The summed E-state index contributed by atoms with van der Waals surface area (Å²) >= 11 is 0. The lowest BCUT2D eigenvalue weighted by molar-refractivity contribution is 0.226. The Bertz CT molecular complexity index is 633. The standard InChI is InChI=1S/C17H23NO3/c1-2-3-4-5-6-7-10-20-16-11-13-8-9-14(18)12-15(13)17(19)21-16/h8-9,11-12H,2-7,10,18H2,1H3. The van der Waals surface area contributed by atoms with Gasteiger partial charge >= 0.3 is 5.63 Å². The van der Waals surface area contributed by atoms with Crippen molar-refractivity contribution in [1.29, 1.82) is 0 Å². The quantitative estimate of drug-likeness (QED) is 0.586. The zero-order chi connectivity index (χ0) is 15.1. The first kappa shape index (κ1) is 15.4. The van der Waals surface area contributed by atoms with Gasteiger partial charge in [-0.05, 0) is 23.9 Å². The topological polar surface area (TPSA) is 65.5 Å². The van der Waals surface area contributed by atoms with Gasteiger partial charge in [-0.25, -0.2) is 4.79 Å². The second-order valence-corrected chi connectivity index (χ2v) is 5.32. The lowest BCUT2D eigenvalue weighted by Gasteiger charge is -2.06. The molecular weight excluding hydrogens is 266 g/mol. The van der Waals surface area contributed by atoms with Gasteiger partial charge in [0.25, 0.3) is 5.95 Å². The van der Waals surface area contributed by atoms with Gasteiger partial charge in [0, 0.05) is 11.8 Å². The molecule has 2 aromatic rings. The van der Waals surface area contributed by atoms with Crippen LogP contribution < -0.4 is 16.1 Å². The largest absolute Gasteiger partial charge is 0.465 e. The fourth-order valence-electron chi connectivity index (χ4n) is 2.31. The monoisotopic (exact) mass is 289 g/mol. The zero-order valence-corrected chi connectivity index (χ0v) is 12.6. The Kier molecular flexibility index (Phi) is 5.67. The number of hydrogen-bond donors (Lipinski definition) is 1. The number of nitrogens with two attached hydrogens (primary N) is 1. The molecule has 1 aromatic carbocycles. The van der Waals surface area contributed by atoms with Crippen LogP contribution in [0.2, 0.25) is 0 Å². The number of rotatable bonds is 8. The third-order valence-electron chi connectivity index (χ3n) is 3.51. The minimum absolute atomic E-state index is 0.283. The normalized spacial score (nSPS) is 10.9. The van der Waals surface area contributed by atoms with E-state index in [1.54, 1.807) is 24.3 Å².